The first-order valence-electron chi connectivity index (χ1n) is 7.58. The normalized spacial score (nSPS) is 15.1. The maximum absolute atomic E-state index is 13.0. The zero-order valence-corrected chi connectivity index (χ0v) is 13.1. The second-order valence-electron chi connectivity index (χ2n) is 5.34. The van der Waals surface area contributed by atoms with Crippen LogP contribution in [0.25, 0.3) is 0 Å². The van der Waals surface area contributed by atoms with Crippen molar-refractivity contribution in [1.82, 2.24) is 9.97 Å². The lowest BCUT2D eigenvalue weighted by Crippen LogP contribution is -2.37. The molecule has 0 unspecified atom stereocenters. The van der Waals surface area contributed by atoms with E-state index in [1.54, 1.807) is 0 Å². The molecule has 0 saturated carbocycles. The molecule has 1 amide bonds. The van der Waals surface area contributed by atoms with Crippen LogP contribution >= 0.6 is 0 Å². The van der Waals surface area contributed by atoms with Gasteiger partial charge < -0.3 is 15.0 Å². The fraction of sp³-hybridized carbons (Fsp3) is 0.312. The second-order valence-corrected chi connectivity index (χ2v) is 5.34. The molecule has 2 aromatic rings. The maximum atomic E-state index is 13.0. The number of morpholine rings is 1. The Balaban J connectivity index is 1.80. The van der Waals surface area contributed by atoms with Gasteiger partial charge in [-0.25, -0.2) is 9.97 Å². The van der Waals surface area contributed by atoms with Gasteiger partial charge in [0.2, 0.25) is 5.95 Å². The molecule has 0 radical (unpaired) electrons. The van der Waals surface area contributed by atoms with Gasteiger partial charge in [-0.1, -0.05) is 12.1 Å². The molecule has 132 valence electrons. The number of para-hydroxylation sites is 1. The standard InChI is InChI=1S/C16H15F3N4O2/c17-16(18,19)11-3-1-2-4-12(11)21-14(24)13-5-6-20-15(22-13)23-7-9-25-10-8-23/h1-6H,7-10H2,(H,21,24). The zero-order chi connectivity index (χ0) is 17.9. The third-order valence-electron chi connectivity index (χ3n) is 3.65. The summed E-state index contributed by atoms with van der Waals surface area (Å²) >= 11 is 0. The lowest BCUT2D eigenvalue weighted by Gasteiger charge is -2.26. The SMILES string of the molecule is O=C(Nc1ccccc1C(F)(F)F)c1ccnc(N2CCOCC2)n1. The van der Waals surface area contributed by atoms with Gasteiger partial charge in [-0.05, 0) is 18.2 Å². The van der Waals surface area contributed by atoms with Crippen molar-refractivity contribution < 1.29 is 22.7 Å². The van der Waals surface area contributed by atoms with Crippen LogP contribution in [0.4, 0.5) is 24.8 Å². The number of anilines is 2. The summed E-state index contributed by atoms with van der Waals surface area (Å²) in [6.07, 6.45) is -3.16. The summed E-state index contributed by atoms with van der Waals surface area (Å²) in [6, 6.07) is 6.15. The van der Waals surface area contributed by atoms with Crippen molar-refractivity contribution in [1.29, 1.82) is 0 Å². The Morgan fingerprint density at radius 2 is 1.88 bits per heavy atom. The lowest BCUT2D eigenvalue weighted by molar-refractivity contribution is -0.136. The minimum atomic E-state index is -4.56. The summed E-state index contributed by atoms with van der Waals surface area (Å²) in [6.45, 7) is 2.22. The quantitative estimate of drug-likeness (QED) is 0.920. The summed E-state index contributed by atoms with van der Waals surface area (Å²) in [5, 5.41) is 2.27. The lowest BCUT2D eigenvalue weighted by atomic mass is 10.1. The number of hydrogen-bond acceptors (Lipinski definition) is 5. The largest absolute Gasteiger partial charge is 0.418 e. The van der Waals surface area contributed by atoms with Crippen LogP contribution in [0.1, 0.15) is 16.1 Å². The first-order valence-corrected chi connectivity index (χ1v) is 7.58. The van der Waals surface area contributed by atoms with Crippen LogP contribution in [-0.2, 0) is 10.9 Å². The molecule has 0 aliphatic carbocycles. The Kier molecular flexibility index (Phi) is 4.84. The van der Waals surface area contributed by atoms with Crippen LogP contribution < -0.4 is 10.2 Å². The molecule has 2 heterocycles. The van der Waals surface area contributed by atoms with Crippen LogP contribution in [0.2, 0.25) is 0 Å². The van der Waals surface area contributed by atoms with E-state index in [0.29, 0.717) is 32.3 Å². The summed E-state index contributed by atoms with van der Waals surface area (Å²) in [4.78, 5) is 22.4. The van der Waals surface area contributed by atoms with Gasteiger partial charge >= 0.3 is 6.18 Å². The van der Waals surface area contributed by atoms with E-state index in [1.807, 2.05) is 4.90 Å². The van der Waals surface area contributed by atoms with E-state index in [1.165, 1.54) is 30.5 Å². The average molecular weight is 352 g/mol. The maximum Gasteiger partial charge on any atom is 0.418 e. The van der Waals surface area contributed by atoms with Crippen molar-refractivity contribution in [3.05, 3.63) is 47.8 Å². The number of nitrogens with one attached hydrogen (secondary N) is 1. The number of carbonyl (C=O) groups is 1. The molecule has 0 atom stereocenters. The molecule has 1 aliphatic rings. The highest BCUT2D eigenvalue weighted by atomic mass is 19.4. The molecule has 1 aromatic carbocycles. The van der Waals surface area contributed by atoms with Crippen LogP contribution in [0, 0.1) is 0 Å². The molecule has 25 heavy (non-hydrogen) atoms. The van der Waals surface area contributed by atoms with Crippen molar-refractivity contribution in [3.8, 4) is 0 Å². The molecular weight excluding hydrogens is 337 g/mol. The number of amides is 1. The topological polar surface area (TPSA) is 67.4 Å². The summed E-state index contributed by atoms with van der Waals surface area (Å²) < 4.78 is 44.3. The van der Waals surface area contributed by atoms with E-state index in [0.717, 1.165) is 6.07 Å². The van der Waals surface area contributed by atoms with Crippen molar-refractivity contribution in [2.24, 2.45) is 0 Å². The third kappa shape index (κ3) is 4.05. The van der Waals surface area contributed by atoms with Gasteiger partial charge in [-0.15, -0.1) is 0 Å². The molecule has 0 bridgehead atoms. The number of hydrogen-bond donors (Lipinski definition) is 1. The van der Waals surface area contributed by atoms with E-state index >= 15 is 0 Å². The molecule has 0 spiro atoms. The molecule has 3 rings (SSSR count). The molecule has 9 heteroatoms. The molecule has 1 N–H and O–H groups in total. The number of halogens is 3. The smallest absolute Gasteiger partial charge is 0.378 e. The van der Waals surface area contributed by atoms with E-state index in [-0.39, 0.29) is 11.4 Å². The van der Waals surface area contributed by atoms with Crippen LogP contribution in [-0.4, -0.2) is 42.2 Å². The van der Waals surface area contributed by atoms with E-state index < -0.39 is 17.6 Å². The summed E-state index contributed by atoms with van der Waals surface area (Å²) in [5.41, 5.74) is -1.23. The predicted molar refractivity (Wildman–Crippen MR) is 84.5 cm³/mol. The summed E-state index contributed by atoms with van der Waals surface area (Å²) in [5.74, 6) is -0.381. The Morgan fingerprint density at radius 1 is 1.16 bits per heavy atom. The molecular formula is C16H15F3N4O2. The first-order chi connectivity index (χ1) is 11.9. The fourth-order valence-electron chi connectivity index (χ4n) is 2.42. The minimum absolute atomic E-state index is 0.00605. The van der Waals surface area contributed by atoms with Gasteiger partial charge in [0, 0.05) is 19.3 Å². The average Bonchev–Trinajstić information content (AvgIpc) is 2.62. The summed E-state index contributed by atoms with van der Waals surface area (Å²) in [7, 11) is 0. The van der Waals surface area contributed by atoms with Crippen molar-refractivity contribution in [2.45, 2.75) is 6.18 Å². The van der Waals surface area contributed by atoms with Gasteiger partial charge in [0.1, 0.15) is 5.69 Å². The fourth-order valence-corrected chi connectivity index (χ4v) is 2.42. The number of ether oxygens (including phenoxy) is 1. The first kappa shape index (κ1) is 17.2. The molecule has 6 nitrogen and oxygen atoms in total. The monoisotopic (exact) mass is 352 g/mol. The number of carbonyl (C=O) groups excluding carboxylic acids is 1. The molecule has 1 aliphatic heterocycles. The van der Waals surface area contributed by atoms with Crippen molar-refractivity contribution in [3.63, 3.8) is 0 Å². The minimum Gasteiger partial charge on any atom is -0.378 e. The van der Waals surface area contributed by atoms with Gasteiger partial charge in [0.15, 0.2) is 0 Å². The Bertz CT molecular complexity index is 761. The third-order valence-corrected chi connectivity index (χ3v) is 3.65. The highest BCUT2D eigenvalue weighted by Crippen LogP contribution is 2.34. The zero-order valence-electron chi connectivity index (χ0n) is 13.1. The van der Waals surface area contributed by atoms with Crippen LogP contribution in [0.15, 0.2) is 36.5 Å². The Hall–Kier alpha value is -2.68. The van der Waals surface area contributed by atoms with Crippen molar-refractivity contribution >= 4 is 17.5 Å². The number of rotatable bonds is 3. The number of alkyl halides is 3. The number of nitrogens with zero attached hydrogens (tertiary/aromatic N) is 3. The number of benzene rings is 1. The van der Waals surface area contributed by atoms with E-state index in [2.05, 4.69) is 15.3 Å². The van der Waals surface area contributed by atoms with Crippen LogP contribution in [0.3, 0.4) is 0 Å². The Morgan fingerprint density at radius 3 is 2.60 bits per heavy atom. The predicted octanol–water partition coefficient (Wildman–Crippen LogP) is 2.58. The van der Waals surface area contributed by atoms with Crippen molar-refractivity contribution in [2.75, 3.05) is 36.5 Å². The van der Waals surface area contributed by atoms with E-state index in [4.69, 9.17) is 4.74 Å². The highest BCUT2D eigenvalue weighted by Gasteiger charge is 2.33. The Labute approximate surface area is 141 Å². The molecule has 1 fully saturated rings. The van der Waals surface area contributed by atoms with Gasteiger partial charge in [0.25, 0.3) is 5.91 Å². The molecule has 1 saturated heterocycles. The second kappa shape index (κ2) is 7.06. The van der Waals surface area contributed by atoms with Crippen LogP contribution in [0.5, 0.6) is 0 Å². The number of aromatic nitrogens is 2. The van der Waals surface area contributed by atoms with Gasteiger partial charge in [-0.3, -0.25) is 4.79 Å². The highest BCUT2D eigenvalue weighted by molar-refractivity contribution is 6.03. The van der Waals surface area contributed by atoms with Gasteiger partial charge in [-0.2, -0.15) is 13.2 Å². The van der Waals surface area contributed by atoms with E-state index in [9.17, 15) is 18.0 Å². The molecule has 1 aromatic heterocycles. The van der Waals surface area contributed by atoms with Gasteiger partial charge in [0.05, 0.1) is 24.5 Å².